The van der Waals surface area contributed by atoms with Crippen molar-refractivity contribution in [2.75, 3.05) is 0 Å². The van der Waals surface area contributed by atoms with Crippen molar-refractivity contribution in [3.63, 3.8) is 0 Å². The summed E-state index contributed by atoms with van der Waals surface area (Å²) in [6.45, 7) is 2.06. The average molecular weight is 243 g/mol. The Balaban J connectivity index is 2.22. The van der Waals surface area contributed by atoms with Gasteiger partial charge in [0.2, 0.25) is 0 Å². The number of carbonyl (C=O) groups is 1. The van der Waals surface area contributed by atoms with Crippen molar-refractivity contribution in [3.05, 3.63) is 53.9 Å². The van der Waals surface area contributed by atoms with Crippen molar-refractivity contribution in [3.8, 4) is 11.5 Å². The molecular formula is C14H13NO3. The van der Waals surface area contributed by atoms with Gasteiger partial charge in [-0.25, -0.2) is 4.79 Å². The number of ether oxygens (including phenoxy) is 1. The van der Waals surface area contributed by atoms with Crippen LogP contribution < -0.4 is 4.74 Å². The van der Waals surface area contributed by atoms with Crippen LogP contribution in [-0.4, -0.2) is 16.1 Å². The summed E-state index contributed by atoms with van der Waals surface area (Å²) in [5, 5.41) is 8.86. The number of benzene rings is 1. The van der Waals surface area contributed by atoms with Crippen LogP contribution in [0.4, 0.5) is 0 Å². The first-order valence-electron chi connectivity index (χ1n) is 5.64. The highest BCUT2D eigenvalue weighted by Gasteiger charge is 2.05. The average Bonchev–Trinajstić information content (AvgIpc) is 2.39. The minimum Gasteiger partial charge on any atom is -0.478 e. The summed E-state index contributed by atoms with van der Waals surface area (Å²) in [6, 6.07) is 9.12. The number of carboxylic acids is 1. The maximum absolute atomic E-state index is 10.8. The molecule has 0 atom stereocenters. The van der Waals surface area contributed by atoms with Crippen LogP contribution >= 0.6 is 0 Å². The number of rotatable bonds is 4. The van der Waals surface area contributed by atoms with Crippen LogP contribution in [-0.2, 0) is 6.42 Å². The lowest BCUT2D eigenvalue weighted by Gasteiger charge is -2.07. The molecule has 0 saturated heterocycles. The quantitative estimate of drug-likeness (QED) is 0.896. The van der Waals surface area contributed by atoms with E-state index in [1.165, 1.54) is 18.5 Å². The maximum Gasteiger partial charge on any atom is 0.337 e. The summed E-state index contributed by atoms with van der Waals surface area (Å²) in [5.74, 6) is 0.0806. The zero-order chi connectivity index (χ0) is 13.0. The Morgan fingerprint density at radius 3 is 2.83 bits per heavy atom. The molecule has 0 spiro atoms. The molecule has 0 aliphatic carbocycles. The summed E-state index contributed by atoms with van der Waals surface area (Å²) < 4.78 is 5.59. The molecule has 0 unspecified atom stereocenters. The van der Waals surface area contributed by atoms with Gasteiger partial charge in [0.25, 0.3) is 0 Å². The van der Waals surface area contributed by atoms with Gasteiger partial charge in [0.1, 0.15) is 11.5 Å². The summed E-state index contributed by atoms with van der Waals surface area (Å²) in [4.78, 5) is 14.6. The van der Waals surface area contributed by atoms with E-state index in [0.717, 1.165) is 12.0 Å². The van der Waals surface area contributed by atoms with Crippen molar-refractivity contribution < 1.29 is 14.6 Å². The zero-order valence-corrected chi connectivity index (χ0v) is 9.96. The monoisotopic (exact) mass is 243 g/mol. The Morgan fingerprint density at radius 1 is 1.28 bits per heavy atom. The van der Waals surface area contributed by atoms with E-state index in [2.05, 4.69) is 11.9 Å². The molecule has 0 saturated carbocycles. The lowest BCUT2D eigenvalue weighted by Crippen LogP contribution is -1.97. The number of nitrogens with zero attached hydrogens (tertiary/aromatic N) is 1. The Morgan fingerprint density at radius 2 is 2.11 bits per heavy atom. The van der Waals surface area contributed by atoms with E-state index in [9.17, 15) is 4.79 Å². The second-order valence-electron chi connectivity index (χ2n) is 3.82. The molecule has 0 radical (unpaired) electrons. The molecule has 18 heavy (non-hydrogen) atoms. The Kier molecular flexibility index (Phi) is 3.57. The van der Waals surface area contributed by atoms with Crippen LogP contribution in [0.25, 0.3) is 0 Å². The van der Waals surface area contributed by atoms with Crippen molar-refractivity contribution in [1.29, 1.82) is 0 Å². The minimum atomic E-state index is -1.02. The van der Waals surface area contributed by atoms with Gasteiger partial charge in [0.15, 0.2) is 0 Å². The molecule has 2 rings (SSSR count). The number of hydrogen-bond donors (Lipinski definition) is 1. The van der Waals surface area contributed by atoms with Crippen molar-refractivity contribution in [2.45, 2.75) is 13.3 Å². The highest BCUT2D eigenvalue weighted by atomic mass is 16.5. The van der Waals surface area contributed by atoms with Gasteiger partial charge in [0, 0.05) is 6.20 Å². The smallest absolute Gasteiger partial charge is 0.337 e. The normalized spacial score (nSPS) is 10.1. The molecule has 0 aliphatic heterocycles. The Bertz CT molecular complexity index is 566. The first-order chi connectivity index (χ1) is 8.69. The van der Waals surface area contributed by atoms with E-state index in [4.69, 9.17) is 9.84 Å². The second-order valence-corrected chi connectivity index (χ2v) is 3.82. The summed E-state index contributed by atoms with van der Waals surface area (Å²) in [6.07, 6.45) is 3.70. The fraction of sp³-hybridized carbons (Fsp3) is 0.143. The van der Waals surface area contributed by atoms with Gasteiger partial charge in [-0.3, -0.25) is 4.98 Å². The molecule has 1 heterocycles. The fourth-order valence-corrected chi connectivity index (χ4v) is 1.56. The second kappa shape index (κ2) is 5.31. The third-order valence-corrected chi connectivity index (χ3v) is 2.50. The Hall–Kier alpha value is -2.36. The molecule has 4 heteroatoms. The molecule has 4 nitrogen and oxygen atoms in total. The fourth-order valence-electron chi connectivity index (χ4n) is 1.56. The lowest BCUT2D eigenvalue weighted by atomic mass is 10.2. The summed E-state index contributed by atoms with van der Waals surface area (Å²) in [5.41, 5.74) is 1.27. The first-order valence-corrected chi connectivity index (χ1v) is 5.64. The molecule has 0 aliphatic rings. The van der Waals surface area contributed by atoms with Gasteiger partial charge in [-0.05, 0) is 30.2 Å². The van der Waals surface area contributed by atoms with E-state index in [1.54, 1.807) is 0 Å². The molecule has 2 aromatic rings. The number of hydrogen-bond acceptors (Lipinski definition) is 3. The van der Waals surface area contributed by atoms with E-state index < -0.39 is 5.97 Å². The number of carboxylic acid groups (broad SMARTS) is 1. The number of aromatic nitrogens is 1. The van der Waals surface area contributed by atoms with Gasteiger partial charge >= 0.3 is 5.97 Å². The predicted octanol–water partition coefficient (Wildman–Crippen LogP) is 3.13. The molecule has 92 valence electrons. The van der Waals surface area contributed by atoms with Crippen LogP contribution in [0.15, 0.2) is 42.7 Å². The number of aryl methyl sites for hydroxylation is 1. The number of pyridine rings is 1. The molecule has 0 amide bonds. The number of aromatic carboxylic acids is 1. The lowest BCUT2D eigenvalue weighted by molar-refractivity contribution is 0.0696. The van der Waals surface area contributed by atoms with Gasteiger partial charge in [-0.15, -0.1) is 0 Å². The van der Waals surface area contributed by atoms with Crippen LogP contribution in [0.1, 0.15) is 22.8 Å². The zero-order valence-electron chi connectivity index (χ0n) is 9.96. The molecule has 1 N–H and O–H groups in total. The first kappa shape index (κ1) is 12.1. The van der Waals surface area contributed by atoms with Crippen LogP contribution in [0.3, 0.4) is 0 Å². The third-order valence-electron chi connectivity index (χ3n) is 2.50. The molecule has 0 fully saturated rings. The summed E-state index contributed by atoms with van der Waals surface area (Å²) in [7, 11) is 0. The Labute approximate surface area is 105 Å². The van der Waals surface area contributed by atoms with Crippen molar-refractivity contribution in [2.24, 2.45) is 0 Å². The SMILES string of the molecule is CCc1cccc(Oc2cncc(C(=O)O)c2)c1. The largest absolute Gasteiger partial charge is 0.478 e. The molecular weight excluding hydrogens is 230 g/mol. The van der Waals surface area contributed by atoms with Gasteiger partial charge < -0.3 is 9.84 Å². The molecule has 0 bridgehead atoms. The van der Waals surface area contributed by atoms with Gasteiger partial charge in [-0.1, -0.05) is 19.1 Å². The third kappa shape index (κ3) is 2.85. The minimum absolute atomic E-state index is 0.110. The summed E-state index contributed by atoms with van der Waals surface area (Å²) >= 11 is 0. The van der Waals surface area contributed by atoms with Gasteiger partial charge in [-0.2, -0.15) is 0 Å². The van der Waals surface area contributed by atoms with Crippen LogP contribution in [0.5, 0.6) is 11.5 Å². The van der Waals surface area contributed by atoms with Crippen LogP contribution in [0.2, 0.25) is 0 Å². The van der Waals surface area contributed by atoms with Crippen molar-refractivity contribution >= 4 is 5.97 Å². The highest BCUT2D eigenvalue weighted by Crippen LogP contribution is 2.22. The molecule has 1 aromatic heterocycles. The van der Waals surface area contributed by atoms with Crippen molar-refractivity contribution in [1.82, 2.24) is 4.98 Å². The molecule has 1 aromatic carbocycles. The maximum atomic E-state index is 10.8. The topological polar surface area (TPSA) is 59.4 Å². The van der Waals surface area contributed by atoms with E-state index in [0.29, 0.717) is 11.5 Å². The standard InChI is InChI=1S/C14H13NO3/c1-2-10-4-3-5-12(6-10)18-13-7-11(14(16)17)8-15-9-13/h3-9H,2H2,1H3,(H,16,17). The van der Waals surface area contributed by atoms with E-state index >= 15 is 0 Å². The van der Waals surface area contributed by atoms with E-state index in [-0.39, 0.29) is 5.56 Å². The van der Waals surface area contributed by atoms with Crippen LogP contribution in [0, 0.1) is 0 Å². The highest BCUT2D eigenvalue weighted by molar-refractivity contribution is 5.87. The van der Waals surface area contributed by atoms with E-state index in [1.807, 2.05) is 24.3 Å². The predicted molar refractivity (Wildman–Crippen MR) is 67.1 cm³/mol. The van der Waals surface area contributed by atoms with Gasteiger partial charge in [0.05, 0.1) is 11.8 Å².